The molecule has 2 nitrogen and oxygen atoms in total. The summed E-state index contributed by atoms with van der Waals surface area (Å²) in [5.74, 6) is -0.769. The molecule has 0 aromatic heterocycles. The molecule has 0 N–H and O–H groups in total. The van der Waals surface area contributed by atoms with Crippen LogP contribution in [0.25, 0.3) is 0 Å². The van der Waals surface area contributed by atoms with Gasteiger partial charge in [-0.05, 0) is 60.9 Å². The number of aryl methyl sites for hydroxylation is 1. The van der Waals surface area contributed by atoms with Gasteiger partial charge in [0.1, 0.15) is 17.3 Å². The van der Waals surface area contributed by atoms with E-state index < -0.39 is 5.82 Å². The molecule has 0 saturated heterocycles. The van der Waals surface area contributed by atoms with Gasteiger partial charge in [0.2, 0.25) is 0 Å². The molecule has 0 bridgehead atoms. The maximum atomic E-state index is 14.2. The normalized spacial score (nSPS) is 11.2. The van der Waals surface area contributed by atoms with E-state index in [0.29, 0.717) is 16.1 Å². The van der Waals surface area contributed by atoms with Crippen LogP contribution in [0.5, 0.6) is 0 Å². The topological polar surface area (TPSA) is 15.6 Å². The van der Waals surface area contributed by atoms with Crippen LogP contribution in [0.15, 0.2) is 35.3 Å². The monoisotopic (exact) mass is 336 g/mol. The molecule has 0 unspecified atom stereocenters. The lowest BCUT2D eigenvalue weighted by Gasteiger charge is -2.11. The molecule has 0 aliphatic carbocycles. The van der Waals surface area contributed by atoms with Crippen molar-refractivity contribution in [3.05, 3.63) is 63.7 Å². The Labute approximate surface area is 140 Å². The Morgan fingerprint density at radius 2 is 1.87 bits per heavy atom. The molecule has 0 atom stereocenters. The van der Waals surface area contributed by atoms with Crippen LogP contribution >= 0.6 is 11.6 Å². The fraction of sp³-hybridized carbons (Fsp3) is 0.278. The van der Waals surface area contributed by atoms with Gasteiger partial charge in [0.05, 0.1) is 6.34 Å². The molecule has 0 spiro atoms. The summed E-state index contributed by atoms with van der Waals surface area (Å²) in [5, 5.41) is 0.461. The summed E-state index contributed by atoms with van der Waals surface area (Å²) in [4.78, 5) is 6.00. The van der Waals surface area contributed by atoms with Gasteiger partial charge >= 0.3 is 0 Å². The Bertz CT molecular complexity index is 729. The standard InChI is InChI=1S/C18H19ClF2N2/c1-4-23(3)11-22-18-7-12(2)13(10-17(18)21)8-14-9-15(19)5-6-16(14)20/h5-7,9-11H,4,8H2,1-3H3/b22-11-. The smallest absolute Gasteiger partial charge is 0.149 e. The van der Waals surface area contributed by atoms with Crippen molar-refractivity contribution in [1.29, 1.82) is 0 Å². The van der Waals surface area contributed by atoms with Crippen LogP contribution in [0.2, 0.25) is 5.02 Å². The Morgan fingerprint density at radius 1 is 1.13 bits per heavy atom. The number of hydrogen-bond donors (Lipinski definition) is 0. The zero-order valence-corrected chi connectivity index (χ0v) is 14.2. The summed E-state index contributed by atoms with van der Waals surface area (Å²) < 4.78 is 28.0. The quantitative estimate of drug-likeness (QED) is 0.546. The average molecular weight is 337 g/mol. The second-order valence-electron chi connectivity index (χ2n) is 5.46. The summed E-state index contributed by atoms with van der Waals surface area (Å²) >= 11 is 5.90. The van der Waals surface area contributed by atoms with E-state index in [1.54, 1.807) is 18.5 Å². The van der Waals surface area contributed by atoms with E-state index >= 15 is 0 Å². The van der Waals surface area contributed by atoms with Crippen molar-refractivity contribution >= 4 is 23.6 Å². The highest BCUT2D eigenvalue weighted by Gasteiger charge is 2.10. The number of rotatable bonds is 5. The number of halogens is 3. The van der Waals surface area contributed by atoms with Crippen LogP contribution < -0.4 is 0 Å². The zero-order valence-electron chi connectivity index (χ0n) is 13.4. The predicted molar refractivity (Wildman–Crippen MR) is 91.8 cm³/mol. The third-order valence-corrected chi connectivity index (χ3v) is 3.92. The SMILES string of the molecule is CCN(C)/C=N\c1cc(C)c(Cc2cc(Cl)ccc2F)cc1F. The lowest BCUT2D eigenvalue weighted by Crippen LogP contribution is -2.14. The van der Waals surface area contributed by atoms with Gasteiger partial charge in [0, 0.05) is 25.0 Å². The Kier molecular flexibility index (Phi) is 5.72. The van der Waals surface area contributed by atoms with Crippen LogP contribution in [0.4, 0.5) is 14.5 Å². The summed E-state index contributed by atoms with van der Waals surface area (Å²) in [6.45, 7) is 4.63. The number of benzene rings is 2. The highest BCUT2D eigenvalue weighted by Crippen LogP contribution is 2.26. The van der Waals surface area contributed by atoms with E-state index in [4.69, 9.17) is 11.6 Å². The summed E-state index contributed by atoms with van der Waals surface area (Å²) in [6.07, 6.45) is 1.88. The third kappa shape index (κ3) is 4.52. The minimum atomic E-state index is -0.422. The van der Waals surface area contributed by atoms with E-state index in [9.17, 15) is 8.78 Å². The molecule has 0 heterocycles. The summed E-state index contributed by atoms with van der Waals surface area (Å²) in [6, 6.07) is 7.47. The molecule has 5 heteroatoms. The first-order valence-electron chi connectivity index (χ1n) is 7.38. The third-order valence-electron chi connectivity index (χ3n) is 3.69. The van der Waals surface area contributed by atoms with Crippen LogP contribution in [0.1, 0.15) is 23.6 Å². The van der Waals surface area contributed by atoms with Crippen molar-refractivity contribution < 1.29 is 8.78 Å². The lowest BCUT2D eigenvalue weighted by atomic mass is 9.99. The van der Waals surface area contributed by atoms with Gasteiger partial charge < -0.3 is 4.90 Å². The van der Waals surface area contributed by atoms with Crippen LogP contribution in [-0.4, -0.2) is 24.8 Å². The Balaban J connectivity index is 2.29. The van der Waals surface area contributed by atoms with E-state index in [1.165, 1.54) is 18.2 Å². The first kappa shape index (κ1) is 17.4. The van der Waals surface area contributed by atoms with Crippen LogP contribution in [0.3, 0.4) is 0 Å². The second-order valence-corrected chi connectivity index (χ2v) is 5.90. The summed E-state index contributed by atoms with van der Waals surface area (Å²) in [7, 11) is 1.87. The van der Waals surface area contributed by atoms with Gasteiger partial charge in [-0.25, -0.2) is 13.8 Å². The fourth-order valence-electron chi connectivity index (χ4n) is 2.12. The van der Waals surface area contributed by atoms with E-state index in [0.717, 1.165) is 12.1 Å². The Morgan fingerprint density at radius 3 is 2.57 bits per heavy atom. The first-order chi connectivity index (χ1) is 10.9. The number of nitrogens with zero attached hydrogens (tertiary/aromatic N) is 2. The number of aliphatic imine (C=N–C) groups is 1. The number of hydrogen-bond acceptors (Lipinski definition) is 1. The molecule has 2 aromatic rings. The molecule has 0 aliphatic rings. The molecule has 122 valence electrons. The van der Waals surface area contributed by atoms with Gasteiger partial charge in [-0.3, -0.25) is 0 Å². The van der Waals surface area contributed by atoms with E-state index in [1.807, 2.05) is 25.8 Å². The fourth-order valence-corrected chi connectivity index (χ4v) is 2.32. The van der Waals surface area contributed by atoms with Crippen LogP contribution in [0, 0.1) is 18.6 Å². The van der Waals surface area contributed by atoms with Crippen molar-refractivity contribution in [2.45, 2.75) is 20.3 Å². The molecular weight excluding hydrogens is 318 g/mol. The molecule has 0 radical (unpaired) electrons. The highest BCUT2D eigenvalue weighted by molar-refractivity contribution is 6.30. The first-order valence-corrected chi connectivity index (χ1v) is 7.76. The lowest BCUT2D eigenvalue weighted by molar-refractivity contribution is 0.551. The molecule has 0 fully saturated rings. The minimum Gasteiger partial charge on any atom is -0.366 e. The van der Waals surface area contributed by atoms with Gasteiger partial charge in [-0.15, -0.1) is 0 Å². The molecule has 0 aliphatic heterocycles. The molecule has 0 saturated carbocycles. The van der Waals surface area contributed by atoms with Crippen LogP contribution in [-0.2, 0) is 6.42 Å². The maximum absolute atomic E-state index is 14.2. The summed E-state index contributed by atoms with van der Waals surface area (Å²) in [5.41, 5.74) is 2.30. The Hall–Kier alpha value is -1.94. The molecular formula is C18H19ClF2N2. The second kappa shape index (κ2) is 7.55. The highest BCUT2D eigenvalue weighted by atomic mass is 35.5. The van der Waals surface area contributed by atoms with Gasteiger partial charge in [-0.1, -0.05) is 11.6 Å². The van der Waals surface area contributed by atoms with Gasteiger partial charge in [0.15, 0.2) is 0 Å². The average Bonchev–Trinajstić information content (AvgIpc) is 2.52. The van der Waals surface area contributed by atoms with Crippen molar-refractivity contribution in [2.75, 3.05) is 13.6 Å². The minimum absolute atomic E-state index is 0.276. The van der Waals surface area contributed by atoms with E-state index in [-0.39, 0.29) is 17.9 Å². The zero-order chi connectivity index (χ0) is 17.0. The van der Waals surface area contributed by atoms with Crippen molar-refractivity contribution in [1.82, 2.24) is 4.90 Å². The molecule has 2 aromatic carbocycles. The molecule has 2 rings (SSSR count). The maximum Gasteiger partial charge on any atom is 0.149 e. The van der Waals surface area contributed by atoms with Crippen molar-refractivity contribution in [3.8, 4) is 0 Å². The van der Waals surface area contributed by atoms with Crippen molar-refractivity contribution in [3.63, 3.8) is 0 Å². The van der Waals surface area contributed by atoms with E-state index in [2.05, 4.69) is 4.99 Å². The largest absolute Gasteiger partial charge is 0.366 e. The predicted octanol–water partition coefficient (Wildman–Crippen LogP) is 5.13. The van der Waals surface area contributed by atoms with Crippen molar-refractivity contribution in [2.24, 2.45) is 4.99 Å². The van der Waals surface area contributed by atoms with Gasteiger partial charge in [0.25, 0.3) is 0 Å². The molecule has 23 heavy (non-hydrogen) atoms. The molecule has 0 amide bonds. The van der Waals surface area contributed by atoms with Gasteiger partial charge in [-0.2, -0.15) is 0 Å².